The topological polar surface area (TPSA) is 72.8 Å². The third kappa shape index (κ3) is 43.1. The Hall–Kier alpha value is -1.62. The van der Waals surface area contributed by atoms with E-state index in [0.29, 0.717) is 12.8 Å². The fraction of sp³-hybridized carbons (Fsp3) is 0.878. The summed E-state index contributed by atoms with van der Waals surface area (Å²) in [6.45, 7) is 4.16. The first-order valence-corrected chi connectivity index (χ1v) is 23.9. The first-order valence-electron chi connectivity index (χ1n) is 23.9. The number of esters is 2. The summed E-state index contributed by atoms with van der Waals surface area (Å²) in [5, 5.41) is 9.60. The van der Waals surface area contributed by atoms with Gasteiger partial charge >= 0.3 is 11.9 Å². The van der Waals surface area contributed by atoms with E-state index in [1.807, 2.05) is 0 Å². The number of hydrogen-bond donors (Lipinski definition) is 1. The quantitative estimate of drug-likeness (QED) is 0.0380. The minimum atomic E-state index is -0.768. The van der Waals surface area contributed by atoms with E-state index in [-0.39, 0.29) is 25.2 Å². The Kier molecular flexibility index (Phi) is 44.4. The number of allylic oxidation sites excluding steroid dienone is 4. The molecule has 5 heteroatoms. The van der Waals surface area contributed by atoms with Crippen LogP contribution in [0.2, 0.25) is 0 Å². The predicted molar refractivity (Wildman–Crippen MR) is 233 cm³/mol. The van der Waals surface area contributed by atoms with Crippen molar-refractivity contribution in [2.24, 2.45) is 0 Å². The summed E-state index contributed by atoms with van der Waals surface area (Å²) in [6.07, 6.45) is 55.4. The van der Waals surface area contributed by atoms with Gasteiger partial charge in [0, 0.05) is 12.8 Å². The lowest BCUT2D eigenvalue weighted by molar-refractivity contribution is -0.161. The molecule has 0 aliphatic rings. The van der Waals surface area contributed by atoms with Crippen molar-refractivity contribution in [3.8, 4) is 0 Å². The molecule has 54 heavy (non-hydrogen) atoms. The summed E-state index contributed by atoms with van der Waals surface area (Å²) < 4.78 is 10.7. The molecule has 0 radical (unpaired) electrons. The van der Waals surface area contributed by atoms with Gasteiger partial charge in [-0.15, -0.1) is 0 Å². The number of ether oxygens (including phenoxy) is 2. The highest BCUT2D eigenvalue weighted by Crippen LogP contribution is 2.16. The Labute approximate surface area is 336 Å². The molecule has 0 rings (SSSR count). The standard InChI is InChI=1S/C49H92O5/c1-3-5-7-9-11-13-15-17-19-21-22-23-24-25-26-28-30-32-34-36-38-40-42-44-49(52)54-47(45-50)46-53-48(51)43-41-39-37-35-33-31-29-27-20-18-16-14-12-10-8-6-4-2/h15,17,21-22,47,50H,3-14,16,18-20,23-46H2,1-2H3/b17-15-,22-21-. The Bertz CT molecular complexity index is 821. The minimum absolute atomic E-state index is 0.0612. The average Bonchev–Trinajstić information content (AvgIpc) is 3.17. The highest BCUT2D eigenvalue weighted by atomic mass is 16.6. The van der Waals surface area contributed by atoms with E-state index in [1.165, 1.54) is 193 Å². The Morgan fingerprint density at radius 1 is 0.426 bits per heavy atom. The minimum Gasteiger partial charge on any atom is -0.462 e. The molecule has 0 aromatic heterocycles. The molecule has 0 saturated heterocycles. The molecule has 5 nitrogen and oxygen atoms in total. The second kappa shape index (κ2) is 45.8. The number of aliphatic hydroxyl groups excluding tert-OH is 1. The van der Waals surface area contributed by atoms with Gasteiger partial charge in [-0.1, -0.05) is 224 Å². The van der Waals surface area contributed by atoms with E-state index >= 15 is 0 Å². The van der Waals surface area contributed by atoms with Crippen LogP contribution in [-0.2, 0) is 19.1 Å². The van der Waals surface area contributed by atoms with Crippen molar-refractivity contribution in [3.05, 3.63) is 24.3 Å². The first kappa shape index (κ1) is 52.4. The van der Waals surface area contributed by atoms with Gasteiger partial charge in [-0.25, -0.2) is 0 Å². The maximum atomic E-state index is 12.2. The van der Waals surface area contributed by atoms with Crippen LogP contribution in [0.15, 0.2) is 24.3 Å². The van der Waals surface area contributed by atoms with Crippen LogP contribution < -0.4 is 0 Å². The van der Waals surface area contributed by atoms with Crippen molar-refractivity contribution >= 4 is 11.9 Å². The van der Waals surface area contributed by atoms with Crippen molar-refractivity contribution in [2.75, 3.05) is 13.2 Å². The van der Waals surface area contributed by atoms with Crippen LogP contribution in [0.1, 0.15) is 258 Å². The number of hydrogen-bond acceptors (Lipinski definition) is 5. The second-order valence-electron chi connectivity index (χ2n) is 16.2. The summed E-state index contributed by atoms with van der Waals surface area (Å²) in [4.78, 5) is 24.4. The SMILES string of the molecule is CCCCCCC/C=C\C/C=C\CCCCCCCCCCCCCC(=O)OC(CO)COC(=O)CCCCCCCCCCCCCCCCCCC. The molecule has 0 amide bonds. The van der Waals surface area contributed by atoms with Gasteiger partial charge in [0.25, 0.3) is 0 Å². The van der Waals surface area contributed by atoms with Gasteiger partial charge in [0.15, 0.2) is 6.10 Å². The molecular weight excluding hydrogens is 669 g/mol. The van der Waals surface area contributed by atoms with E-state index in [2.05, 4.69) is 38.2 Å². The third-order valence-corrected chi connectivity index (χ3v) is 10.7. The third-order valence-electron chi connectivity index (χ3n) is 10.7. The molecule has 318 valence electrons. The van der Waals surface area contributed by atoms with Gasteiger partial charge in [0.2, 0.25) is 0 Å². The van der Waals surface area contributed by atoms with E-state index in [0.717, 1.165) is 38.5 Å². The maximum Gasteiger partial charge on any atom is 0.306 e. The van der Waals surface area contributed by atoms with Crippen molar-refractivity contribution in [3.63, 3.8) is 0 Å². The zero-order chi connectivity index (χ0) is 39.3. The van der Waals surface area contributed by atoms with Crippen LogP contribution in [0.4, 0.5) is 0 Å². The Morgan fingerprint density at radius 2 is 0.741 bits per heavy atom. The Balaban J connectivity index is 3.48. The summed E-state index contributed by atoms with van der Waals surface area (Å²) in [7, 11) is 0. The summed E-state index contributed by atoms with van der Waals surface area (Å²) in [5.74, 6) is -0.579. The van der Waals surface area contributed by atoms with Crippen molar-refractivity contribution < 1.29 is 24.2 Å². The molecule has 1 atom stereocenters. The van der Waals surface area contributed by atoms with Crippen LogP contribution in [0.5, 0.6) is 0 Å². The molecule has 0 spiro atoms. The normalized spacial score (nSPS) is 12.3. The molecule has 0 heterocycles. The maximum absolute atomic E-state index is 12.2. The molecule has 0 saturated carbocycles. The van der Waals surface area contributed by atoms with Gasteiger partial charge in [-0.05, 0) is 44.9 Å². The van der Waals surface area contributed by atoms with Gasteiger partial charge in [-0.2, -0.15) is 0 Å². The molecule has 0 aromatic carbocycles. The molecule has 0 aromatic rings. The molecule has 1 N–H and O–H groups in total. The predicted octanol–water partition coefficient (Wildman–Crippen LogP) is 15.4. The van der Waals surface area contributed by atoms with Crippen molar-refractivity contribution in [1.29, 1.82) is 0 Å². The van der Waals surface area contributed by atoms with E-state index in [4.69, 9.17) is 9.47 Å². The monoisotopic (exact) mass is 761 g/mol. The van der Waals surface area contributed by atoms with E-state index < -0.39 is 6.10 Å². The lowest BCUT2D eigenvalue weighted by atomic mass is 10.0. The molecule has 0 bridgehead atoms. The summed E-state index contributed by atoms with van der Waals surface area (Å²) in [6, 6.07) is 0. The van der Waals surface area contributed by atoms with Crippen LogP contribution in [-0.4, -0.2) is 36.4 Å². The van der Waals surface area contributed by atoms with Gasteiger partial charge in [0.05, 0.1) is 6.61 Å². The largest absolute Gasteiger partial charge is 0.462 e. The number of unbranched alkanes of at least 4 members (excludes halogenated alkanes) is 32. The molecular formula is C49H92O5. The fourth-order valence-electron chi connectivity index (χ4n) is 7.12. The molecule has 0 fully saturated rings. The zero-order valence-corrected chi connectivity index (χ0v) is 36.3. The van der Waals surface area contributed by atoms with Crippen LogP contribution in [0.3, 0.4) is 0 Å². The second-order valence-corrected chi connectivity index (χ2v) is 16.2. The molecule has 1 unspecified atom stereocenters. The highest BCUT2D eigenvalue weighted by molar-refractivity contribution is 5.70. The zero-order valence-electron chi connectivity index (χ0n) is 36.3. The van der Waals surface area contributed by atoms with Crippen LogP contribution in [0, 0.1) is 0 Å². The lowest BCUT2D eigenvalue weighted by Crippen LogP contribution is -2.28. The van der Waals surface area contributed by atoms with Gasteiger partial charge < -0.3 is 14.6 Å². The van der Waals surface area contributed by atoms with Crippen molar-refractivity contribution in [2.45, 2.75) is 264 Å². The summed E-state index contributed by atoms with van der Waals surface area (Å²) >= 11 is 0. The van der Waals surface area contributed by atoms with Crippen LogP contribution >= 0.6 is 0 Å². The summed E-state index contributed by atoms with van der Waals surface area (Å²) in [5.41, 5.74) is 0. The number of rotatable bonds is 44. The fourth-order valence-corrected chi connectivity index (χ4v) is 7.12. The first-order chi connectivity index (χ1) is 26.6. The Morgan fingerprint density at radius 3 is 1.09 bits per heavy atom. The molecule has 0 aliphatic carbocycles. The van der Waals surface area contributed by atoms with Gasteiger partial charge in [-0.3, -0.25) is 9.59 Å². The van der Waals surface area contributed by atoms with E-state index in [9.17, 15) is 14.7 Å². The smallest absolute Gasteiger partial charge is 0.306 e. The van der Waals surface area contributed by atoms with E-state index in [1.54, 1.807) is 0 Å². The number of carbonyl (C=O) groups is 2. The molecule has 0 aliphatic heterocycles. The average molecular weight is 761 g/mol. The number of aliphatic hydroxyl groups is 1. The van der Waals surface area contributed by atoms with Crippen LogP contribution in [0.25, 0.3) is 0 Å². The lowest BCUT2D eigenvalue weighted by Gasteiger charge is -2.15. The van der Waals surface area contributed by atoms with Crippen molar-refractivity contribution in [1.82, 2.24) is 0 Å². The van der Waals surface area contributed by atoms with Gasteiger partial charge in [0.1, 0.15) is 6.61 Å². The number of carbonyl (C=O) groups excluding carboxylic acids is 2. The highest BCUT2D eigenvalue weighted by Gasteiger charge is 2.16.